The minimum absolute atomic E-state index is 0.0363. The molecule has 0 radical (unpaired) electrons. The fraction of sp³-hybridized carbons (Fsp3) is 0.478. The molecular formula is C23H28N4O4. The molecule has 31 heavy (non-hydrogen) atoms. The second-order valence-corrected chi connectivity index (χ2v) is 8.44. The summed E-state index contributed by atoms with van der Waals surface area (Å²) in [7, 11) is 0. The van der Waals surface area contributed by atoms with Crippen molar-refractivity contribution in [2.24, 2.45) is 0 Å². The van der Waals surface area contributed by atoms with Gasteiger partial charge in [-0.2, -0.15) is 0 Å². The molecule has 1 aromatic carbocycles. The van der Waals surface area contributed by atoms with Crippen LogP contribution in [-0.2, 0) is 27.3 Å². The van der Waals surface area contributed by atoms with Crippen molar-refractivity contribution in [3.05, 3.63) is 52.4 Å². The molecule has 3 amide bonds. The van der Waals surface area contributed by atoms with Crippen molar-refractivity contribution >= 4 is 17.7 Å². The third-order valence-electron chi connectivity index (χ3n) is 6.22. The molecule has 1 aromatic heterocycles. The first-order valence-electron chi connectivity index (χ1n) is 10.7. The summed E-state index contributed by atoms with van der Waals surface area (Å²) in [5.41, 5.74) is 3.66. The fourth-order valence-corrected chi connectivity index (χ4v) is 4.46. The van der Waals surface area contributed by atoms with Crippen molar-refractivity contribution in [1.29, 1.82) is 0 Å². The number of carbonyl (C=O) groups excluding carboxylic acids is 3. The SMILES string of the molecule is Cc1cccc(CN2CC(=O)N3CCN(C(=O)Cc4c(C)noc4C)CCC3C2=O)c1. The van der Waals surface area contributed by atoms with Crippen molar-refractivity contribution in [2.45, 2.75) is 46.2 Å². The van der Waals surface area contributed by atoms with Gasteiger partial charge in [-0.3, -0.25) is 14.4 Å². The van der Waals surface area contributed by atoms with E-state index in [9.17, 15) is 14.4 Å². The van der Waals surface area contributed by atoms with E-state index in [2.05, 4.69) is 5.16 Å². The van der Waals surface area contributed by atoms with E-state index < -0.39 is 6.04 Å². The van der Waals surface area contributed by atoms with Crippen molar-refractivity contribution in [3.63, 3.8) is 0 Å². The zero-order chi connectivity index (χ0) is 22.1. The molecule has 0 bridgehead atoms. The quantitative estimate of drug-likeness (QED) is 0.744. The molecule has 0 saturated carbocycles. The van der Waals surface area contributed by atoms with E-state index >= 15 is 0 Å². The summed E-state index contributed by atoms with van der Waals surface area (Å²) in [6.45, 7) is 7.38. The third-order valence-corrected chi connectivity index (χ3v) is 6.22. The second-order valence-electron chi connectivity index (χ2n) is 8.44. The van der Waals surface area contributed by atoms with Crippen LogP contribution in [0.4, 0.5) is 0 Å². The van der Waals surface area contributed by atoms with Crippen LogP contribution in [-0.4, -0.2) is 69.8 Å². The van der Waals surface area contributed by atoms with Gasteiger partial charge in [-0.25, -0.2) is 0 Å². The molecule has 2 aromatic rings. The largest absolute Gasteiger partial charge is 0.361 e. The Kier molecular flexibility index (Phi) is 5.80. The van der Waals surface area contributed by atoms with Crippen LogP contribution in [0.1, 0.15) is 34.6 Å². The average molecular weight is 425 g/mol. The number of hydrogen-bond acceptors (Lipinski definition) is 5. The van der Waals surface area contributed by atoms with Gasteiger partial charge in [0.25, 0.3) is 0 Å². The number of nitrogens with zero attached hydrogens (tertiary/aromatic N) is 4. The first-order chi connectivity index (χ1) is 14.8. The number of piperazine rings is 1. The van der Waals surface area contributed by atoms with Gasteiger partial charge in [0.05, 0.1) is 12.1 Å². The number of hydrogen-bond donors (Lipinski definition) is 0. The van der Waals surface area contributed by atoms with Gasteiger partial charge in [0.15, 0.2) is 0 Å². The first-order valence-corrected chi connectivity index (χ1v) is 10.7. The van der Waals surface area contributed by atoms with Gasteiger partial charge in [0.2, 0.25) is 17.7 Å². The summed E-state index contributed by atoms with van der Waals surface area (Å²) < 4.78 is 5.16. The highest BCUT2D eigenvalue weighted by Crippen LogP contribution is 2.22. The normalized spacial score (nSPS) is 19.5. The number of fused-ring (bicyclic) bond motifs is 1. The van der Waals surface area contributed by atoms with Crippen molar-refractivity contribution in [2.75, 3.05) is 26.2 Å². The van der Waals surface area contributed by atoms with Crippen LogP contribution in [0, 0.1) is 20.8 Å². The molecule has 3 heterocycles. The maximum absolute atomic E-state index is 13.2. The van der Waals surface area contributed by atoms with Gasteiger partial charge < -0.3 is 19.2 Å². The van der Waals surface area contributed by atoms with Crippen molar-refractivity contribution < 1.29 is 18.9 Å². The lowest BCUT2D eigenvalue weighted by atomic mass is 10.1. The van der Waals surface area contributed by atoms with Crippen LogP contribution >= 0.6 is 0 Å². The molecule has 1 atom stereocenters. The summed E-state index contributed by atoms with van der Waals surface area (Å²) in [6, 6.07) is 7.46. The van der Waals surface area contributed by atoms with Crippen molar-refractivity contribution in [1.82, 2.24) is 19.9 Å². The Hall–Kier alpha value is -3.16. The molecule has 0 aliphatic carbocycles. The summed E-state index contributed by atoms with van der Waals surface area (Å²) in [4.78, 5) is 43.9. The van der Waals surface area contributed by atoms with Gasteiger partial charge in [-0.1, -0.05) is 35.0 Å². The molecule has 2 aliphatic rings. The molecule has 8 nitrogen and oxygen atoms in total. The second kappa shape index (κ2) is 8.53. The minimum atomic E-state index is -0.511. The Bertz CT molecular complexity index is 995. The van der Waals surface area contributed by atoms with E-state index in [-0.39, 0.29) is 30.7 Å². The standard InChI is InChI=1S/C23H28N4O4/c1-15-5-4-6-18(11-15)13-26-14-22(29)27-10-9-25(8-7-20(27)23(26)30)21(28)12-19-16(2)24-31-17(19)3/h4-6,11,20H,7-10,12-14H2,1-3H3. The number of rotatable bonds is 4. The predicted molar refractivity (Wildman–Crippen MR) is 113 cm³/mol. The maximum Gasteiger partial charge on any atom is 0.246 e. The van der Waals surface area contributed by atoms with Gasteiger partial charge in [0, 0.05) is 31.7 Å². The van der Waals surface area contributed by atoms with E-state index in [1.807, 2.05) is 38.1 Å². The third kappa shape index (κ3) is 4.33. The Morgan fingerprint density at radius 1 is 1.16 bits per heavy atom. The Labute approximate surface area is 181 Å². The molecule has 2 saturated heterocycles. The van der Waals surface area contributed by atoms with Crippen LogP contribution in [0.3, 0.4) is 0 Å². The smallest absolute Gasteiger partial charge is 0.246 e. The lowest BCUT2D eigenvalue weighted by molar-refractivity contribution is -0.156. The van der Waals surface area contributed by atoms with Crippen LogP contribution in [0.15, 0.2) is 28.8 Å². The number of carbonyl (C=O) groups is 3. The van der Waals surface area contributed by atoms with Crippen molar-refractivity contribution in [3.8, 4) is 0 Å². The van der Waals surface area contributed by atoms with E-state index in [1.165, 1.54) is 0 Å². The summed E-state index contributed by atoms with van der Waals surface area (Å²) in [5, 5.41) is 3.91. The number of aryl methyl sites for hydroxylation is 3. The molecule has 1 unspecified atom stereocenters. The van der Waals surface area contributed by atoms with Crippen LogP contribution in [0.25, 0.3) is 0 Å². The number of amides is 3. The summed E-state index contributed by atoms with van der Waals surface area (Å²) in [6.07, 6.45) is 0.662. The fourth-order valence-electron chi connectivity index (χ4n) is 4.46. The topological polar surface area (TPSA) is 87.0 Å². The molecule has 2 aliphatic heterocycles. The van der Waals surface area contributed by atoms with Gasteiger partial charge in [-0.05, 0) is 32.8 Å². The monoisotopic (exact) mass is 424 g/mol. The Morgan fingerprint density at radius 3 is 2.68 bits per heavy atom. The highest BCUT2D eigenvalue weighted by molar-refractivity contribution is 5.95. The highest BCUT2D eigenvalue weighted by atomic mass is 16.5. The predicted octanol–water partition coefficient (Wildman–Crippen LogP) is 1.61. The molecule has 0 spiro atoms. The lowest BCUT2D eigenvalue weighted by Gasteiger charge is -2.39. The van der Waals surface area contributed by atoms with E-state index in [4.69, 9.17) is 4.52 Å². The summed E-state index contributed by atoms with van der Waals surface area (Å²) >= 11 is 0. The van der Waals surface area contributed by atoms with E-state index in [0.717, 1.165) is 22.4 Å². The van der Waals surface area contributed by atoms with Gasteiger partial charge in [-0.15, -0.1) is 0 Å². The van der Waals surface area contributed by atoms with Crippen LogP contribution in [0.2, 0.25) is 0 Å². The molecule has 0 N–H and O–H groups in total. The first kappa shape index (κ1) is 21.1. The molecular weight excluding hydrogens is 396 g/mol. The number of aromatic nitrogens is 1. The zero-order valence-corrected chi connectivity index (χ0v) is 18.3. The Balaban J connectivity index is 1.44. The molecule has 164 valence electrons. The maximum atomic E-state index is 13.2. The molecule has 8 heteroatoms. The van der Waals surface area contributed by atoms with E-state index in [1.54, 1.807) is 21.6 Å². The van der Waals surface area contributed by atoms with Crippen LogP contribution in [0.5, 0.6) is 0 Å². The van der Waals surface area contributed by atoms with Gasteiger partial charge in [0.1, 0.15) is 18.3 Å². The zero-order valence-electron chi connectivity index (χ0n) is 18.3. The number of benzene rings is 1. The van der Waals surface area contributed by atoms with Gasteiger partial charge >= 0.3 is 0 Å². The highest BCUT2D eigenvalue weighted by Gasteiger charge is 2.41. The minimum Gasteiger partial charge on any atom is -0.361 e. The molecule has 2 fully saturated rings. The Morgan fingerprint density at radius 2 is 1.97 bits per heavy atom. The lowest BCUT2D eigenvalue weighted by Crippen LogP contribution is -2.59. The summed E-state index contributed by atoms with van der Waals surface area (Å²) in [5.74, 6) is 0.513. The van der Waals surface area contributed by atoms with Crippen LogP contribution < -0.4 is 0 Å². The average Bonchev–Trinajstić information content (AvgIpc) is 2.93. The van der Waals surface area contributed by atoms with E-state index in [0.29, 0.717) is 38.4 Å². The molecule has 4 rings (SSSR count).